The van der Waals surface area contributed by atoms with Crippen LogP contribution in [-0.2, 0) is 14.6 Å². The van der Waals surface area contributed by atoms with Gasteiger partial charge in [0.1, 0.15) is 0 Å². The Morgan fingerprint density at radius 1 is 1.12 bits per heavy atom. The van der Waals surface area contributed by atoms with E-state index in [1.54, 1.807) is 0 Å². The summed E-state index contributed by atoms with van der Waals surface area (Å²) < 4.78 is 28.4. The molecular formula is C12H27NO3S. The van der Waals surface area contributed by atoms with Gasteiger partial charge in [0, 0.05) is 13.2 Å². The molecule has 104 valence electrons. The minimum atomic E-state index is -2.84. The molecule has 0 aliphatic heterocycles. The Morgan fingerprint density at radius 3 is 2.41 bits per heavy atom. The Morgan fingerprint density at radius 2 is 1.82 bits per heavy atom. The summed E-state index contributed by atoms with van der Waals surface area (Å²) in [6, 6.07) is 0. The third-order valence-corrected chi connectivity index (χ3v) is 4.08. The van der Waals surface area contributed by atoms with Gasteiger partial charge >= 0.3 is 0 Å². The van der Waals surface area contributed by atoms with Gasteiger partial charge in [0.2, 0.25) is 0 Å². The Balaban J connectivity index is 3.38. The van der Waals surface area contributed by atoms with Crippen LogP contribution in [-0.4, -0.2) is 45.7 Å². The van der Waals surface area contributed by atoms with Crippen LogP contribution in [0.3, 0.4) is 0 Å². The number of unbranched alkanes of at least 4 members (excludes halogenated alkanes) is 1. The summed E-state index contributed by atoms with van der Waals surface area (Å²) in [5, 5.41) is 3.13. The first-order chi connectivity index (χ1) is 7.98. The SMILES string of the molecule is CCCCS(=O)(=O)CCNCCCOC(C)C. The number of hydrogen-bond donors (Lipinski definition) is 1. The van der Waals surface area contributed by atoms with Crippen molar-refractivity contribution >= 4 is 9.84 Å². The van der Waals surface area contributed by atoms with Gasteiger partial charge in [0.05, 0.1) is 17.6 Å². The third kappa shape index (κ3) is 12.1. The molecule has 0 radical (unpaired) electrons. The van der Waals surface area contributed by atoms with Gasteiger partial charge in [-0.05, 0) is 33.2 Å². The van der Waals surface area contributed by atoms with Crippen LogP contribution in [0.4, 0.5) is 0 Å². The van der Waals surface area contributed by atoms with E-state index < -0.39 is 9.84 Å². The third-order valence-electron chi connectivity index (χ3n) is 2.35. The second-order valence-electron chi connectivity index (χ2n) is 4.53. The molecule has 0 aliphatic rings. The Bertz CT molecular complexity index is 263. The second kappa shape index (κ2) is 9.85. The molecule has 0 saturated carbocycles. The highest BCUT2D eigenvalue weighted by Gasteiger charge is 2.08. The van der Waals surface area contributed by atoms with Crippen LogP contribution < -0.4 is 5.32 Å². The molecule has 0 spiro atoms. The van der Waals surface area contributed by atoms with Crippen molar-refractivity contribution in [2.24, 2.45) is 0 Å². The molecule has 4 nitrogen and oxygen atoms in total. The number of sulfone groups is 1. The van der Waals surface area contributed by atoms with E-state index in [0.717, 1.165) is 32.4 Å². The lowest BCUT2D eigenvalue weighted by Crippen LogP contribution is -2.26. The first-order valence-corrected chi connectivity index (χ1v) is 8.33. The van der Waals surface area contributed by atoms with Gasteiger partial charge in [-0.1, -0.05) is 13.3 Å². The van der Waals surface area contributed by atoms with Crippen molar-refractivity contribution in [2.45, 2.75) is 46.1 Å². The van der Waals surface area contributed by atoms with Crippen molar-refractivity contribution in [2.75, 3.05) is 31.2 Å². The molecule has 0 heterocycles. The van der Waals surface area contributed by atoms with Crippen molar-refractivity contribution in [3.05, 3.63) is 0 Å². The molecule has 5 heteroatoms. The predicted molar refractivity (Wildman–Crippen MR) is 72.1 cm³/mol. The maximum atomic E-state index is 11.5. The maximum absolute atomic E-state index is 11.5. The largest absolute Gasteiger partial charge is 0.379 e. The molecule has 0 amide bonds. The smallest absolute Gasteiger partial charge is 0.151 e. The van der Waals surface area contributed by atoms with E-state index in [4.69, 9.17) is 4.74 Å². The summed E-state index contributed by atoms with van der Waals surface area (Å²) >= 11 is 0. The molecule has 0 rings (SSSR count). The summed E-state index contributed by atoms with van der Waals surface area (Å²) in [6.07, 6.45) is 2.89. The molecule has 0 fully saturated rings. The topological polar surface area (TPSA) is 55.4 Å². The van der Waals surface area contributed by atoms with Gasteiger partial charge in [-0.3, -0.25) is 0 Å². The zero-order chi connectivity index (χ0) is 13.1. The van der Waals surface area contributed by atoms with Gasteiger partial charge in [-0.25, -0.2) is 8.42 Å². The lowest BCUT2D eigenvalue weighted by atomic mass is 10.4. The van der Waals surface area contributed by atoms with Crippen molar-refractivity contribution in [1.29, 1.82) is 0 Å². The van der Waals surface area contributed by atoms with Crippen LogP contribution in [0, 0.1) is 0 Å². The summed E-state index contributed by atoms with van der Waals surface area (Å²) in [4.78, 5) is 0. The van der Waals surface area contributed by atoms with Crippen LogP contribution >= 0.6 is 0 Å². The predicted octanol–water partition coefficient (Wildman–Crippen LogP) is 1.61. The molecule has 0 aromatic carbocycles. The first kappa shape index (κ1) is 16.9. The number of hydrogen-bond acceptors (Lipinski definition) is 4. The zero-order valence-electron chi connectivity index (χ0n) is 11.4. The molecule has 0 saturated heterocycles. The Labute approximate surface area is 106 Å². The van der Waals surface area contributed by atoms with Crippen molar-refractivity contribution in [3.63, 3.8) is 0 Å². The summed E-state index contributed by atoms with van der Waals surface area (Å²) in [6.45, 7) is 8.11. The minimum absolute atomic E-state index is 0.248. The van der Waals surface area contributed by atoms with Gasteiger partial charge < -0.3 is 10.1 Å². The molecule has 0 aliphatic carbocycles. The molecule has 0 atom stereocenters. The fourth-order valence-corrected chi connectivity index (χ4v) is 2.72. The second-order valence-corrected chi connectivity index (χ2v) is 6.83. The van der Waals surface area contributed by atoms with Crippen molar-refractivity contribution in [1.82, 2.24) is 5.32 Å². The lowest BCUT2D eigenvalue weighted by molar-refractivity contribution is 0.0772. The average Bonchev–Trinajstić information content (AvgIpc) is 2.24. The molecule has 0 unspecified atom stereocenters. The van der Waals surface area contributed by atoms with Gasteiger partial charge in [-0.2, -0.15) is 0 Å². The van der Waals surface area contributed by atoms with Crippen LogP contribution in [0.1, 0.15) is 40.0 Å². The van der Waals surface area contributed by atoms with E-state index >= 15 is 0 Å². The molecule has 0 aromatic rings. The summed E-state index contributed by atoms with van der Waals surface area (Å²) in [7, 11) is -2.84. The first-order valence-electron chi connectivity index (χ1n) is 6.50. The maximum Gasteiger partial charge on any atom is 0.151 e. The number of rotatable bonds is 11. The zero-order valence-corrected chi connectivity index (χ0v) is 12.2. The minimum Gasteiger partial charge on any atom is -0.379 e. The van der Waals surface area contributed by atoms with Crippen LogP contribution in [0.15, 0.2) is 0 Å². The van der Waals surface area contributed by atoms with Gasteiger partial charge in [0.25, 0.3) is 0 Å². The molecule has 0 aromatic heterocycles. The normalized spacial score (nSPS) is 12.2. The quantitative estimate of drug-likeness (QED) is 0.577. The molecule has 0 bridgehead atoms. The monoisotopic (exact) mass is 265 g/mol. The Hall–Kier alpha value is -0.130. The van der Waals surface area contributed by atoms with E-state index in [-0.39, 0.29) is 11.9 Å². The highest BCUT2D eigenvalue weighted by molar-refractivity contribution is 7.91. The molecular weight excluding hydrogens is 238 g/mol. The number of nitrogens with one attached hydrogen (secondary N) is 1. The molecule has 17 heavy (non-hydrogen) atoms. The van der Waals surface area contributed by atoms with E-state index in [0.29, 0.717) is 12.3 Å². The summed E-state index contributed by atoms with van der Waals surface area (Å²) in [5.74, 6) is 0.569. The molecule has 1 N–H and O–H groups in total. The van der Waals surface area contributed by atoms with Crippen LogP contribution in [0.5, 0.6) is 0 Å². The van der Waals surface area contributed by atoms with Crippen LogP contribution in [0.2, 0.25) is 0 Å². The van der Waals surface area contributed by atoms with Gasteiger partial charge in [0.15, 0.2) is 9.84 Å². The van der Waals surface area contributed by atoms with E-state index in [2.05, 4.69) is 5.32 Å². The average molecular weight is 265 g/mol. The van der Waals surface area contributed by atoms with Crippen molar-refractivity contribution in [3.8, 4) is 0 Å². The Kier molecular flexibility index (Phi) is 9.78. The fraction of sp³-hybridized carbons (Fsp3) is 1.00. The standard InChI is InChI=1S/C12H27NO3S/c1-4-5-10-17(14,15)11-8-13-7-6-9-16-12(2)3/h12-13H,4-11H2,1-3H3. The van der Waals surface area contributed by atoms with E-state index in [9.17, 15) is 8.42 Å². The fourth-order valence-electron chi connectivity index (χ4n) is 1.34. The van der Waals surface area contributed by atoms with E-state index in [1.165, 1.54) is 0 Å². The van der Waals surface area contributed by atoms with Crippen molar-refractivity contribution < 1.29 is 13.2 Å². The van der Waals surface area contributed by atoms with Crippen LogP contribution in [0.25, 0.3) is 0 Å². The number of ether oxygens (including phenoxy) is 1. The van der Waals surface area contributed by atoms with E-state index in [1.807, 2.05) is 20.8 Å². The highest BCUT2D eigenvalue weighted by atomic mass is 32.2. The summed E-state index contributed by atoms with van der Waals surface area (Å²) in [5.41, 5.74) is 0. The highest BCUT2D eigenvalue weighted by Crippen LogP contribution is 1.96. The lowest BCUT2D eigenvalue weighted by Gasteiger charge is -2.08. The van der Waals surface area contributed by atoms with Gasteiger partial charge in [-0.15, -0.1) is 0 Å².